The van der Waals surface area contributed by atoms with Gasteiger partial charge in [-0.15, -0.1) is 0 Å². The molecular weight excluding hydrogens is 298 g/mol. The van der Waals surface area contributed by atoms with Gasteiger partial charge in [-0.25, -0.2) is 0 Å². The van der Waals surface area contributed by atoms with Crippen molar-refractivity contribution in [2.45, 2.75) is 32.1 Å². The van der Waals surface area contributed by atoms with E-state index in [4.69, 9.17) is 9.47 Å². The minimum Gasteiger partial charge on any atom is -0.454 e. The summed E-state index contributed by atoms with van der Waals surface area (Å²) in [4.78, 5) is 0. The molecule has 3 atom stereocenters. The number of benzene rings is 2. The first-order chi connectivity index (χ1) is 11.7. The first-order valence-corrected chi connectivity index (χ1v) is 8.87. The fourth-order valence-electron chi connectivity index (χ4n) is 4.20. The number of fused-ring (bicyclic) bond motifs is 2. The molecule has 2 aromatic carbocycles. The van der Waals surface area contributed by atoms with Crippen LogP contribution in [0, 0.1) is 5.92 Å². The number of ether oxygens (including phenoxy) is 2. The number of hydrogen-bond donors (Lipinski definition) is 1. The van der Waals surface area contributed by atoms with E-state index in [0.717, 1.165) is 18.0 Å². The second kappa shape index (κ2) is 6.14. The predicted octanol–water partition coefficient (Wildman–Crippen LogP) is 4.53. The zero-order valence-corrected chi connectivity index (χ0v) is 14.6. The number of rotatable bonds is 4. The molecule has 126 valence electrons. The van der Waals surface area contributed by atoms with Crippen LogP contribution in [0.15, 0.2) is 36.4 Å². The summed E-state index contributed by atoms with van der Waals surface area (Å²) in [6.45, 7) is 6.16. The van der Waals surface area contributed by atoms with Gasteiger partial charge in [0, 0.05) is 0 Å². The molecule has 1 N–H and O–H groups in total. The minimum atomic E-state index is 0.324. The highest BCUT2D eigenvalue weighted by molar-refractivity contribution is 5.69. The molecule has 3 heteroatoms. The molecule has 24 heavy (non-hydrogen) atoms. The average Bonchev–Trinajstić information content (AvgIpc) is 3.17. The lowest BCUT2D eigenvalue weighted by atomic mass is 9.87. The maximum Gasteiger partial charge on any atom is 0.231 e. The third-order valence-electron chi connectivity index (χ3n) is 5.81. The second-order valence-electron chi connectivity index (χ2n) is 7.06. The van der Waals surface area contributed by atoms with E-state index in [9.17, 15) is 0 Å². The molecule has 0 bridgehead atoms. The Balaban J connectivity index is 1.69. The molecule has 2 aromatic rings. The van der Waals surface area contributed by atoms with Crippen LogP contribution in [0.1, 0.15) is 43.2 Å². The minimum absolute atomic E-state index is 0.324. The molecule has 0 spiro atoms. The Bertz CT molecular complexity index is 755. The Labute approximate surface area is 144 Å². The van der Waals surface area contributed by atoms with Crippen LogP contribution in [0.2, 0.25) is 0 Å². The van der Waals surface area contributed by atoms with Crippen LogP contribution in [0.5, 0.6) is 11.5 Å². The van der Waals surface area contributed by atoms with Crippen molar-refractivity contribution in [1.29, 1.82) is 0 Å². The first-order valence-electron chi connectivity index (χ1n) is 8.87. The Morgan fingerprint density at radius 1 is 0.958 bits per heavy atom. The van der Waals surface area contributed by atoms with Crippen molar-refractivity contribution >= 4 is 0 Å². The van der Waals surface area contributed by atoms with Gasteiger partial charge < -0.3 is 14.8 Å². The van der Waals surface area contributed by atoms with Gasteiger partial charge in [0.15, 0.2) is 11.5 Å². The predicted molar refractivity (Wildman–Crippen MR) is 96.9 cm³/mol. The van der Waals surface area contributed by atoms with Crippen molar-refractivity contribution in [3.63, 3.8) is 0 Å². The average molecular weight is 323 g/mol. The third-order valence-corrected chi connectivity index (χ3v) is 5.81. The zero-order valence-electron chi connectivity index (χ0n) is 14.6. The summed E-state index contributed by atoms with van der Waals surface area (Å²) in [5.41, 5.74) is 5.51. The summed E-state index contributed by atoms with van der Waals surface area (Å²) in [5.74, 6) is 3.65. The van der Waals surface area contributed by atoms with E-state index in [-0.39, 0.29) is 0 Å². The molecule has 0 radical (unpaired) electrons. The Kier molecular flexibility index (Phi) is 3.97. The van der Waals surface area contributed by atoms with Crippen LogP contribution in [-0.2, 0) is 0 Å². The van der Waals surface area contributed by atoms with Gasteiger partial charge in [-0.2, -0.15) is 0 Å². The molecule has 0 fully saturated rings. The van der Waals surface area contributed by atoms with Crippen LogP contribution in [0.25, 0.3) is 11.1 Å². The van der Waals surface area contributed by atoms with Crippen molar-refractivity contribution in [2.24, 2.45) is 5.92 Å². The third kappa shape index (κ3) is 2.48. The van der Waals surface area contributed by atoms with Gasteiger partial charge in [0.1, 0.15) is 0 Å². The van der Waals surface area contributed by atoms with Gasteiger partial charge in [0.05, 0.1) is 0 Å². The van der Waals surface area contributed by atoms with E-state index in [2.05, 4.69) is 49.5 Å². The molecule has 3 nitrogen and oxygen atoms in total. The highest BCUT2D eigenvalue weighted by Gasteiger charge is 2.34. The van der Waals surface area contributed by atoms with Crippen molar-refractivity contribution in [1.82, 2.24) is 5.32 Å². The fraction of sp³-hybridized carbons (Fsp3) is 0.429. The van der Waals surface area contributed by atoms with E-state index >= 15 is 0 Å². The molecule has 2 unspecified atom stereocenters. The summed E-state index contributed by atoms with van der Waals surface area (Å²) < 4.78 is 10.9. The second-order valence-corrected chi connectivity index (χ2v) is 7.06. The standard InChI is InChI=1S/C21H25NO2/c1-13-14(2)19-10-15(4-6-18(19)17(13)8-9-22-3)16-5-7-20-21(11-16)24-12-23-20/h4-7,10-11,13-14,17,22H,8-9,12H2,1-3H3/t13-,14?,17?/m1/s1. The van der Waals surface area contributed by atoms with Crippen molar-refractivity contribution in [3.05, 3.63) is 47.5 Å². The van der Waals surface area contributed by atoms with E-state index in [1.54, 1.807) is 0 Å². The van der Waals surface area contributed by atoms with Crippen LogP contribution in [0.3, 0.4) is 0 Å². The Morgan fingerprint density at radius 2 is 1.71 bits per heavy atom. The molecule has 0 saturated heterocycles. The highest BCUT2D eigenvalue weighted by atomic mass is 16.7. The summed E-state index contributed by atoms with van der Waals surface area (Å²) in [7, 11) is 2.03. The molecular formula is C21H25NO2. The molecule has 1 aliphatic heterocycles. The molecule has 0 amide bonds. The molecule has 4 rings (SSSR count). The van der Waals surface area contributed by atoms with Gasteiger partial charge in [-0.05, 0) is 72.2 Å². The van der Waals surface area contributed by atoms with E-state index in [1.165, 1.54) is 28.7 Å². The molecule has 0 saturated carbocycles. The van der Waals surface area contributed by atoms with Gasteiger partial charge in [-0.3, -0.25) is 0 Å². The van der Waals surface area contributed by atoms with E-state index in [1.807, 2.05) is 13.1 Å². The van der Waals surface area contributed by atoms with E-state index in [0.29, 0.717) is 24.5 Å². The SMILES string of the molecule is CNCCC1c2ccc(-c3ccc4c(c3)OCO4)cc2C(C)[C@H]1C. The van der Waals surface area contributed by atoms with Crippen LogP contribution < -0.4 is 14.8 Å². The number of nitrogens with one attached hydrogen (secondary N) is 1. The van der Waals surface area contributed by atoms with Gasteiger partial charge in [-0.1, -0.05) is 38.1 Å². The van der Waals surface area contributed by atoms with Crippen molar-refractivity contribution in [3.8, 4) is 22.6 Å². The van der Waals surface area contributed by atoms with Crippen molar-refractivity contribution in [2.75, 3.05) is 20.4 Å². The summed E-state index contributed by atoms with van der Waals surface area (Å²) in [6.07, 6.45) is 1.21. The van der Waals surface area contributed by atoms with Crippen LogP contribution in [0.4, 0.5) is 0 Å². The molecule has 1 heterocycles. The fourth-order valence-corrected chi connectivity index (χ4v) is 4.20. The Morgan fingerprint density at radius 3 is 2.54 bits per heavy atom. The quantitative estimate of drug-likeness (QED) is 0.897. The maximum atomic E-state index is 5.52. The number of hydrogen-bond acceptors (Lipinski definition) is 3. The van der Waals surface area contributed by atoms with Crippen LogP contribution in [-0.4, -0.2) is 20.4 Å². The van der Waals surface area contributed by atoms with E-state index < -0.39 is 0 Å². The lowest BCUT2D eigenvalue weighted by molar-refractivity contribution is 0.174. The first kappa shape index (κ1) is 15.5. The highest BCUT2D eigenvalue weighted by Crippen LogP contribution is 2.49. The molecule has 2 aliphatic rings. The smallest absolute Gasteiger partial charge is 0.231 e. The summed E-state index contributed by atoms with van der Waals surface area (Å²) in [6, 6.07) is 13.2. The normalized spacial score (nSPS) is 24.2. The summed E-state index contributed by atoms with van der Waals surface area (Å²) >= 11 is 0. The van der Waals surface area contributed by atoms with Gasteiger partial charge in [0.25, 0.3) is 0 Å². The Hall–Kier alpha value is -2.00. The largest absolute Gasteiger partial charge is 0.454 e. The topological polar surface area (TPSA) is 30.5 Å². The summed E-state index contributed by atoms with van der Waals surface area (Å²) in [5, 5.41) is 3.30. The van der Waals surface area contributed by atoms with Gasteiger partial charge >= 0.3 is 0 Å². The molecule has 0 aromatic heterocycles. The maximum absolute atomic E-state index is 5.52. The lowest BCUT2D eigenvalue weighted by Gasteiger charge is -2.18. The zero-order chi connectivity index (χ0) is 16.7. The lowest BCUT2D eigenvalue weighted by Crippen LogP contribution is -2.15. The molecule has 1 aliphatic carbocycles. The van der Waals surface area contributed by atoms with Crippen molar-refractivity contribution < 1.29 is 9.47 Å². The van der Waals surface area contributed by atoms with Gasteiger partial charge in [0.2, 0.25) is 6.79 Å². The van der Waals surface area contributed by atoms with Crippen LogP contribution >= 0.6 is 0 Å². The monoisotopic (exact) mass is 323 g/mol.